The van der Waals surface area contributed by atoms with Gasteiger partial charge in [-0.3, -0.25) is 9.52 Å². The highest BCUT2D eigenvalue weighted by atomic mass is 32.2. The van der Waals surface area contributed by atoms with E-state index in [0.717, 1.165) is 9.87 Å². The summed E-state index contributed by atoms with van der Waals surface area (Å²) in [6.07, 6.45) is -0.0744. The summed E-state index contributed by atoms with van der Waals surface area (Å²) < 4.78 is 53.3. The summed E-state index contributed by atoms with van der Waals surface area (Å²) in [5, 5.41) is 0. The van der Waals surface area contributed by atoms with E-state index in [1.54, 1.807) is 19.1 Å². The number of amides is 1. The van der Waals surface area contributed by atoms with E-state index < -0.39 is 26.0 Å². The summed E-state index contributed by atoms with van der Waals surface area (Å²) in [6.45, 7) is 5.51. The predicted octanol–water partition coefficient (Wildman–Crippen LogP) is 2.99. The monoisotopic (exact) mass is 422 g/mol. The molecule has 0 unspecified atom stereocenters. The van der Waals surface area contributed by atoms with Gasteiger partial charge >= 0.3 is 0 Å². The van der Waals surface area contributed by atoms with Crippen LogP contribution in [0.2, 0.25) is 0 Å². The fourth-order valence-electron chi connectivity index (χ4n) is 3.22. The molecule has 1 N–H and O–H groups in total. The Morgan fingerprint density at radius 3 is 2.36 bits per heavy atom. The molecule has 1 saturated heterocycles. The fraction of sp³-hybridized carbons (Fsp3) is 0.316. The highest BCUT2D eigenvalue weighted by Gasteiger charge is 2.36. The molecule has 0 aromatic heterocycles. The molecule has 0 spiro atoms. The van der Waals surface area contributed by atoms with Crippen LogP contribution in [-0.2, 0) is 24.8 Å². The molecular formula is C19H22N2O5S2. The van der Waals surface area contributed by atoms with Gasteiger partial charge in [0.05, 0.1) is 22.0 Å². The lowest BCUT2D eigenvalue weighted by Crippen LogP contribution is -2.29. The number of carbonyl (C=O) groups is 1. The van der Waals surface area contributed by atoms with Crippen molar-refractivity contribution in [3.05, 3.63) is 53.6 Å². The number of nitrogens with zero attached hydrogens (tertiary/aromatic N) is 1. The fourth-order valence-corrected chi connectivity index (χ4v) is 5.99. The van der Waals surface area contributed by atoms with Crippen LogP contribution in [0.5, 0.6) is 0 Å². The second kappa shape index (κ2) is 7.21. The smallest absolute Gasteiger partial charge is 0.262 e. The Morgan fingerprint density at radius 2 is 1.79 bits per heavy atom. The van der Waals surface area contributed by atoms with E-state index in [2.05, 4.69) is 4.72 Å². The quantitative estimate of drug-likeness (QED) is 0.798. The molecule has 1 heterocycles. The molecule has 0 saturated carbocycles. The van der Waals surface area contributed by atoms with Crippen LogP contribution < -0.4 is 9.03 Å². The minimum Gasteiger partial charge on any atom is -0.279 e. The summed E-state index contributed by atoms with van der Waals surface area (Å²) in [5.74, 6) is -0.619. The first-order chi connectivity index (χ1) is 13.0. The normalized spacial score (nSPS) is 16.6. The molecule has 1 aliphatic rings. The van der Waals surface area contributed by atoms with Crippen LogP contribution in [-0.4, -0.2) is 28.5 Å². The Labute approximate surface area is 165 Å². The van der Waals surface area contributed by atoms with E-state index in [-0.39, 0.29) is 28.7 Å². The molecule has 28 heavy (non-hydrogen) atoms. The highest BCUT2D eigenvalue weighted by molar-refractivity contribution is 7.94. The second-order valence-corrected chi connectivity index (χ2v) is 10.6. The number of benzene rings is 2. The van der Waals surface area contributed by atoms with E-state index in [1.807, 2.05) is 26.0 Å². The standard InChI is InChI=1S/C19H22N2O5S2/c1-13(2)16-6-4-5-7-17(16)20-28(25,26)18-9-8-15(12-14(18)3)21-19(22)10-11-27(21,23)24/h4-9,12-13,20H,10-11H2,1-3H3. The molecule has 9 heteroatoms. The Morgan fingerprint density at radius 1 is 1.11 bits per heavy atom. The number of carbonyl (C=O) groups excluding carboxylic acids is 1. The average Bonchev–Trinajstić information content (AvgIpc) is 2.87. The van der Waals surface area contributed by atoms with Crippen LogP contribution in [0.3, 0.4) is 0 Å². The van der Waals surface area contributed by atoms with Crippen LogP contribution in [0, 0.1) is 6.92 Å². The molecule has 2 aromatic carbocycles. The summed E-state index contributed by atoms with van der Waals surface area (Å²) >= 11 is 0. The molecule has 0 aliphatic carbocycles. The number of para-hydroxylation sites is 1. The first-order valence-corrected chi connectivity index (χ1v) is 11.9. The number of nitrogens with one attached hydrogen (secondary N) is 1. The van der Waals surface area contributed by atoms with Crippen LogP contribution in [0.15, 0.2) is 47.4 Å². The van der Waals surface area contributed by atoms with Gasteiger partial charge in [-0.15, -0.1) is 0 Å². The number of aryl methyl sites for hydroxylation is 1. The summed E-state index contributed by atoms with van der Waals surface area (Å²) in [7, 11) is -7.58. The number of hydrogen-bond acceptors (Lipinski definition) is 5. The van der Waals surface area contributed by atoms with Gasteiger partial charge in [-0.2, -0.15) is 0 Å². The number of rotatable bonds is 5. The Balaban J connectivity index is 1.97. The largest absolute Gasteiger partial charge is 0.279 e. The molecule has 1 aliphatic heterocycles. The summed E-state index contributed by atoms with van der Waals surface area (Å²) in [4.78, 5) is 12.0. The van der Waals surface area contributed by atoms with Crippen molar-refractivity contribution in [2.24, 2.45) is 0 Å². The molecule has 1 amide bonds. The Bertz CT molecular complexity index is 1140. The van der Waals surface area contributed by atoms with E-state index in [1.165, 1.54) is 18.2 Å². The lowest BCUT2D eigenvalue weighted by Gasteiger charge is -2.18. The van der Waals surface area contributed by atoms with Crippen molar-refractivity contribution in [3.8, 4) is 0 Å². The minimum atomic E-state index is -3.89. The Hall–Kier alpha value is -2.39. The molecule has 1 fully saturated rings. The zero-order valence-electron chi connectivity index (χ0n) is 15.8. The predicted molar refractivity (Wildman–Crippen MR) is 108 cm³/mol. The van der Waals surface area contributed by atoms with Crippen LogP contribution in [0.25, 0.3) is 0 Å². The third-order valence-electron chi connectivity index (χ3n) is 4.59. The van der Waals surface area contributed by atoms with E-state index in [4.69, 9.17) is 0 Å². The van der Waals surface area contributed by atoms with Gasteiger partial charge < -0.3 is 0 Å². The molecule has 0 radical (unpaired) electrons. The first kappa shape index (κ1) is 20.3. The zero-order valence-corrected chi connectivity index (χ0v) is 17.5. The molecule has 2 aromatic rings. The minimum absolute atomic E-state index is 0.0267. The second-order valence-electron chi connectivity index (χ2n) is 7.02. The molecular weight excluding hydrogens is 400 g/mol. The average molecular weight is 423 g/mol. The maximum absolute atomic E-state index is 12.9. The van der Waals surface area contributed by atoms with E-state index >= 15 is 0 Å². The Kier molecular flexibility index (Phi) is 5.24. The molecule has 3 rings (SSSR count). The molecule has 0 bridgehead atoms. The van der Waals surface area contributed by atoms with Gasteiger partial charge in [-0.05, 0) is 48.2 Å². The van der Waals surface area contributed by atoms with Crippen LogP contribution in [0.4, 0.5) is 11.4 Å². The third kappa shape index (κ3) is 3.77. The van der Waals surface area contributed by atoms with Crippen molar-refractivity contribution in [2.45, 2.75) is 38.0 Å². The van der Waals surface area contributed by atoms with Gasteiger partial charge in [0.25, 0.3) is 10.0 Å². The number of anilines is 2. The molecule has 150 valence electrons. The zero-order chi connectivity index (χ0) is 20.7. The maximum atomic E-state index is 12.9. The number of hydrogen-bond donors (Lipinski definition) is 1. The van der Waals surface area contributed by atoms with E-state index in [9.17, 15) is 21.6 Å². The van der Waals surface area contributed by atoms with Crippen molar-refractivity contribution in [3.63, 3.8) is 0 Å². The SMILES string of the molecule is Cc1cc(N2C(=O)CCS2(=O)=O)ccc1S(=O)(=O)Nc1ccccc1C(C)C. The van der Waals surface area contributed by atoms with Gasteiger partial charge in [-0.1, -0.05) is 32.0 Å². The van der Waals surface area contributed by atoms with E-state index in [0.29, 0.717) is 11.3 Å². The highest BCUT2D eigenvalue weighted by Crippen LogP contribution is 2.30. The topological polar surface area (TPSA) is 101 Å². The molecule has 0 atom stereocenters. The third-order valence-corrected chi connectivity index (χ3v) is 7.80. The lowest BCUT2D eigenvalue weighted by molar-refractivity contribution is -0.116. The molecule has 7 nitrogen and oxygen atoms in total. The van der Waals surface area contributed by atoms with Crippen molar-refractivity contribution in [1.82, 2.24) is 0 Å². The van der Waals surface area contributed by atoms with Gasteiger partial charge in [-0.25, -0.2) is 21.1 Å². The van der Waals surface area contributed by atoms with Crippen molar-refractivity contribution in [2.75, 3.05) is 14.8 Å². The van der Waals surface area contributed by atoms with Crippen molar-refractivity contribution < 1.29 is 21.6 Å². The van der Waals surface area contributed by atoms with Crippen molar-refractivity contribution >= 4 is 37.3 Å². The van der Waals surface area contributed by atoms with Crippen molar-refractivity contribution in [1.29, 1.82) is 0 Å². The van der Waals surface area contributed by atoms with Gasteiger partial charge in [0.15, 0.2) is 0 Å². The summed E-state index contributed by atoms with van der Waals surface area (Å²) in [5.41, 5.74) is 1.87. The van der Waals surface area contributed by atoms with Crippen LogP contribution >= 0.6 is 0 Å². The van der Waals surface area contributed by atoms with Gasteiger partial charge in [0.2, 0.25) is 15.9 Å². The lowest BCUT2D eigenvalue weighted by atomic mass is 10.0. The maximum Gasteiger partial charge on any atom is 0.262 e. The number of sulfonamides is 2. The van der Waals surface area contributed by atoms with Gasteiger partial charge in [0.1, 0.15) is 0 Å². The van der Waals surface area contributed by atoms with Crippen LogP contribution in [0.1, 0.15) is 37.3 Å². The summed E-state index contributed by atoms with van der Waals surface area (Å²) in [6, 6.07) is 11.2. The first-order valence-electron chi connectivity index (χ1n) is 8.81. The van der Waals surface area contributed by atoms with Gasteiger partial charge in [0, 0.05) is 6.42 Å².